The second kappa shape index (κ2) is 8.89. The molecule has 1 aliphatic heterocycles. The number of anilines is 1. The van der Waals surface area contributed by atoms with Crippen LogP contribution in [-0.2, 0) is 9.59 Å². The maximum Gasteiger partial charge on any atom is 0.300 e. The van der Waals surface area contributed by atoms with Crippen molar-refractivity contribution in [2.75, 3.05) is 12.0 Å². The van der Waals surface area contributed by atoms with Crippen molar-refractivity contribution in [3.8, 4) is 5.75 Å². The number of carbonyl (C=O) groups excluding carboxylic acids is 2. The van der Waals surface area contributed by atoms with Gasteiger partial charge in [0.1, 0.15) is 11.5 Å². The van der Waals surface area contributed by atoms with Gasteiger partial charge in [-0.25, -0.2) is 0 Å². The van der Waals surface area contributed by atoms with Crippen molar-refractivity contribution in [1.29, 1.82) is 0 Å². The van der Waals surface area contributed by atoms with Crippen LogP contribution in [0.5, 0.6) is 5.75 Å². The number of amides is 1. The van der Waals surface area contributed by atoms with E-state index in [1.54, 1.807) is 42.7 Å². The lowest BCUT2D eigenvalue weighted by atomic mass is 9.95. The maximum absolute atomic E-state index is 13.5. The van der Waals surface area contributed by atoms with Crippen molar-refractivity contribution in [3.63, 3.8) is 0 Å². The van der Waals surface area contributed by atoms with E-state index in [1.807, 2.05) is 43.3 Å². The predicted octanol–water partition coefficient (Wildman–Crippen LogP) is 5.83. The number of carbonyl (C=O) groups is 2. The van der Waals surface area contributed by atoms with Gasteiger partial charge < -0.3 is 9.84 Å². The van der Waals surface area contributed by atoms with Gasteiger partial charge in [0.2, 0.25) is 0 Å². The zero-order valence-corrected chi connectivity index (χ0v) is 19.8. The van der Waals surface area contributed by atoms with Crippen molar-refractivity contribution >= 4 is 45.5 Å². The summed E-state index contributed by atoms with van der Waals surface area (Å²) in [7, 11) is 1.43. The predicted molar refractivity (Wildman–Crippen MR) is 136 cm³/mol. The number of rotatable bonds is 4. The van der Waals surface area contributed by atoms with Crippen molar-refractivity contribution in [3.05, 3.63) is 106 Å². The fraction of sp³-hybridized carbons (Fsp3) is 0.107. The fourth-order valence-electron chi connectivity index (χ4n) is 4.61. The molecule has 1 aromatic heterocycles. The fourth-order valence-corrected chi connectivity index (χ4v) is 4.96. The number of aliphatic hydroxyl groups is 1. The molecule has 2 heterocycles. The number of pyridine rings is 1. The number of ketones is 1. The minimum Gasteiger partial charge on any atom is -0.507 e. The number of aryl methyl sites for hydroxylation is 1. The molecule has 0 aliphatic carbocycles. The van der Waals surface area contributed by atoms with E-state index in [0.717, 1.165) is 16.3 Å². The van der Waals surface area contributed by atoms with Gasteiger partial charge in [0, 0.05) is 17.8 Å². The molecule has 0 spiro atoms. The second-order valence-electron chi connectivity index (χ2n) is 8.28. The molecule has 1 saturated heterocycles. The molecule has 174 valence electrons. The Hall–Kier alpha value is -4.16. The number of ether oxygens (including phenoxy) is 1. The Kier molecular flexibility index (Phi) is 5.75. The molecular formula is C28H21ClN2O4. The summed E-state index contributed by atoms with van der Waals surface area (Å²) in [4.78, 5) is 32.6. The average Bonchev–Trinajstić information content (AvgIpc) is 3.13. The number of hydrogen-bond acceptors (Lipinski definition) is 5. The zero-order valence-electron chi connectivity index (χ0n) is 19.0. The van der Waals surface area contributed by atoms with Gasteiger partial charge >= 0.3 is 0 Å². The maximum atomic E-state index is 13.5. The first kappa shape index (κ1) is 22.6. The van der Waals surface area contributed by atoms with E-state index in [-0.39, 0.29) is 27.7 Å². The molecule has 1 atom stereocenters. The lowest BCUT2D eigenvalue weighted by Crippen LogP contribution is -2.29. The molecule has 0 radical (unpaired) electrons. The first-order valence-corrected chi connectivity index (χ1v) is 11.3. The summed E-state index contributed by atoms with van der Waals surface area (Å²) in [6, 6.07) is 19.2. The Labute approximate surface area is 207 Å². The average molecular weight is 485 g/mol. The van der Waals surface area contributed by atoms with Crippen molar-refractivity contribution < 1.29 is 19.4 Å². The van der Waals surface area contributed by atoms with E-state index in [9.17, 15) is 14.7 Å². The third-order valence-electron chi connectivity index (χ3n) is 6.12. The molecule has 1 N–H and O–H groups in total. The monoisotopic (exact) mass is 484 g/mol. The van der Waals surface area contributed by atoms with E-state index in [2.05, 4.69) is 4.98 Å². The van der Waals surface area contributed by atoms with Crippen LogP contribution in [0.4, 0.5) is 5.69 Å². The summed E-state index contributed by atoms with van der Waals surface area (Å²) in [5.41, 5.74) is 2.09. The zero-order chi connectivity index (χ0) is 24.7. The number of aliphatic hydroxyl groups excluding tert-OH is 1. The molecule has 1 aliphatic rings. The van der Waals surface area contributed by atoms with Gasteiger partial charge in [0.15, 0.2) is 0 Å². The molecule has 35 heavy (non-hydrogen) atoms. The minimum absolute atomic E-state index is 0.0594. The molecule has 5 rings (SSSR count). The molecule has 4 aromatic rings. The number of methoxy groups -OCH3 is 1. The highest BCUT2D eigenvalue weighted by atomic mass is 35.5. The van der Waals surface area contributed by atoms with E-state index < -0.39 is 17.7 Å². The molecule has 0 bridgehead atoms. The Balaban J connectivity index is 1.81. The molecule has 6 nitrogen and oxygen atoms in total. The van der Waals surface area contributed by atoms with Crippen LogP contribution >= 0.6 is 11.6 Å². The van der Waals surface area contributed by atoms with Gasteiger partial charge in [-0.15, -0.1) is 0 Å². The standard InChI is InChI=1S/C28H21ClN2O4/c1-16-13-20(27(35-2)21(29)14-16)25(32)23-24(18-9-6-12-30-15-18)31(28(34)26(23)33)22-11-5-8-17-7-3-4-10-19(17)22/h3-15,24,32H,1-2H3/b25-23+. The van der Waals surface area contributed by atoms with E-state index in [4.69, 9.17) is 16.3 Å². The van der Waals surface area contributed by atoms with Crippen LogP contribution in [0.1, 0.15) is 22.7 Å². The summed E-state index contributed by atoms with van der Waals surface area (Å²) in [6.07, 6.45) is 3.19. The quantitative estimate of drug-likeness (QED) is 0.224. The van der Waals surface area contributed by atoms with Crippen LogP contribution in [0.3, 0.4) is 0 Å². The largest absolute Gasteiger partial charge is 0.507 e. The highest BCUT2D eigenvalue weighted by Crippen LogP contribution is 2.45. The third kappa shape index (κ3) is 3.72. The van der Waals surface area contributed by atoms with Gasteiger partial charge in [-0.05, 0) is 47.7 Å². The smallest absolute Gasteiger partial charge is 0.300 e. The van der Waals surface area contributed by atoms with Crippen molar-refractivity contribution in [1.82, 2.24) is 4.98 Å². The van der Waals surface area contributed by atoms with Gasteiger partial charge in [-0.2, -0.15) is 0 Å². The Morgan fingerprint density at radius 3 is 2.57 bits per heavy atom. The number of halogens is 1. The van der Waals surface area contributed by atoms with E-state index in [0.29, 0.717) is 11.3 Å². The normalized spacial score (nSPS) is 17.2. The molecule has 0 saturated carbocycles. The second-order valence-corrected chi connectivity index (χ2v) is 8.69. The Morgan fingerprint density at radius 1 is 1.06 bits per heavy atom. The van der Waals surface area contributed by atoms with Gasteiger partial charge in [0.25, 0.3) is 11.7 Å². The minimum atomic E-state index is -0.904. The summed E-state index contributed by atoms with van der Waals surface area (Å²) in [5.74, 6) is -1.68. The lowest BCUT2D eigenvalue weighted by molar-refractivity contribution is -0.132. The van der Waals surface area contributed by atoms with Gasteiger partial charge in [0.05, 0.1) is 35.0 Å². The number of fused-ring (bicyclic) bond motifs is 1. The Morgan fingerprint density at radius 2 is 1.83 bits per heavy atom. The SMILES string of the molecule is COc1c(Cl)cc(C)cc1/C(O)=C1\C(=O)C(=O)N(c2cccc3ccccc23)C1c1cccnc1. The van der Waals surface area contributed by atoms with E-state index >= 15 is 0 Å². The number of aromatic nitrogens is 1. The van der Waals surface area contributed by atoms with Crippen LogP contribution in [-0.4, -0.2) is 28.9 Å². The summed E-state index contributed by atoms with van der Waals surface area (Å²) >= 11 is 6.36. The third-order valence-corrected chi connectivity index (χ3v) is 6.40. The Bertz CT molecular complexity index is 1510. The van der Waals surface area contributed by atoms with Crippen LogP contribution in [0, 0.1) is 6.92 Å². The highest BCUT2D eigenvalue weighted by Gasteiger charge is 2.47. The summed E-state index contributed by atoms with van der Waals surface area (Å²) in [5, 5.41) is 13.5. The molecule has 1 amide bonds. The van der Waals surface area contributed by atoms with Crippen LogP contribution in [0.15, 0.2) is 84.7 Å². The number of hydrogen-bond donors (Lipinski definition) is 1. The molecular weight excluding hydrogens is 464 g/mol. The van der Waals surface area contributed by atoms with Crippen LogP contribution < -0.4 is 9.64 Å². The molecule has 1 unspecified atom stereocenters. The summed E-state index contributed by atoms with van der Waals surface area (Å²) in [6.45, 7) is 1.81. The molecule has 3 aromatic carbocycles. The first-order chi connectivity index (χ1) is 16.9. The van der Waals surface area contributed by atoms with Gasteiger partial charge in [-0.3, -0.25) is 19.5 Å². The molecule has 7 heteroatoms. The number of benzene rings is 3. The lowest BCUT2D eigenvalue weighted by Gasteiger charge is -2.26. The number of nitrogens with zero attached hydrogens (tertiary/aromatic N) is 2. The van der Waals surface area contributed by atoms with Crippen molar-refractivity contribution in [2.24, 2.45) is 0 Å². The molecule has 1 fully saturated rings. The van der Waals surface area contributed by atoms with Gasteiger partial charge in [-0.1, -0.05) is 54.1 Å². The van der Waals surface area contributed by atoms with Crippen molar-refractivity contribution in [2.45, 2.75) is 13.0 Å². The summed E-state index contributed by atoms with van der Waals surface area (Å²) < 4.78 is 5.44. The topological polar surface area (TPSA) is 79.7 Å². The van der Waals surface area contributed by atoms with Crippen LogP contribution in [0.25, 0.3) is 16.5 Å². The van der Waals surface area contributed by atoms with Crippen LogP contribution in [0.2, 0.25) is 5.02 Å². The number of Topliss-reactive ketones (excluding diaryl/α,β-unsaturated/α-hetero) is 1. The highest BCUT2D eigenvalue weighted by molar-refractivity contribution is 6.52. The van der Waals surface area contributed by atoms with E-state index in [1.165, 1.54) is 12.0 Å². The first-order valence-electron chi connectivity index (χ1n) is 11.0.